The van der Waals surface area contributed by atoms with Crippen molar-refractivity contribution >= 4 is 5.91 Å². The van der Waals surface area contributed by atoms with E-state index in [1.54, 1.807) is 23.0 Å². The molecule has 1 aromatic heterocycles. The molecule has 2 heterocycles. The maximum absolute atomic E-state index is 13.2. The van der Waals surface area contributed by atoms with Gasteiger partial charge in [-0.25, -0.2) is 9.07 Å². The molecule has 1 saturated heterocycles. The lowest BCUT2D eigenvalue weighted by Gasteiger charge is -2.36. The molecule has 1 aliphatic heterocycles. The number of halogens is 1. The Bertz CT molecular complexity index is 765. The number of likely N-dealkylation sites (N-methyl/N-ethyl adjacent to an activating group) is 1. The number of hydrogen-bond acceptors (Lipinski definition) is 4. The molecule has 1 N–H and O–H groups in total. The summed E-state index contributed by atoms with van der Waals surface area (Å²) < 4.78 is 14.9. The lowest BCUT2D eigenvalue weighted by molar-refractivity contribution is 0.0902. The fourth-order valence-corrected chi connectivity index (χ4v) is 3.44. The Hall–Kier alpha value is -2.25. The molecular weight excluding hydrogens is 345 g/mol. The zero-order valence-electron chi connectivity index (χ0n) is 16.3. The highest BCUT2D eigenvalue weighted by Crippen LogP contribution is 2.16. The van der Waals surface area contributed by atoms with Crippen molar-refractivity contribution < 1.29 is 9.18 Å². The Morgan fingerprint density at radius 2 is 1.89 bits per heavy atom. The van der Waals surface area contributed by atoms with Crippen LogP contribution in [0.15, 0.2) is 30.5 Å². The van der Waals surface area contributed by atoms with E-state index in [1.165, 1.54) is 12.1 Å². The highest BCUT2D eigenvalue weighted by atomic mass is 19.1. The van der Waals surface area contributed by atoms with Crippen molar-refractivity contribution in [2.45, 2.75) is 26.3 Å². The quantitative estimate of drug-likeness (QED) is 0.841. The number of nitrogens with zero attached hydrogens (tertiary/aromatic N) is 4. The van der Waals surface area contributed by atoms with Gasteiger partial charge in [-0.1, -0.05) is 6.92 Å². The molecule has 1 unspecified atom stereocenters. The maximum Gasteiger partial charge on any atom is 0.254 e. The van der Waals surface area contributed by atoms with Gasteiger partial charge in [-0.15, -0.1) is 0 Å². The molecule has 146 valence electrons. The first-order chi connectivity index (χ1) is 13.0. The maximum atomic E-state index is 13.2. The zero-order chi connectivity index (χ0) is 19.4. The normalized spacial score (nSPS) is 17.0. The fraction of sp³-hybridized carbons (Fsp3) is 0.500. The molecule has 1 aromatic carbocycles. The van der Waals surface area contributed by atoms with Crippen LogP contribution in [0.3, 0.4) is 0 Å². The molecule has 0 saturated carbocycles. The summed E-state index contributed by atoms with van der Waals surface area (Å²) >= 11 is 0. The molecule has 0 aliphatic carbocycles. The Morgan fingerprint density at radius 1 is 1.22 bits per heavy atom. The minimum atomic E-state index is -0.292. The minimum absolute atomic E-state index is 0.110. The SMILES string of the molecule is CCc1c(C(=O)NCC(C)N2CCN(C)CC2)cnn1-c1ccc(F)cc1. The summed E-state index contributed by atoms with van der Waals surface area (Å²) in [5.74, 6) is -0.402. The predicted octanol–water partition coefficient (Wildman–Crippen LogP) is 1.94. The molecule has 1 aliphatic rings. The fourth-order valence-electron chi connectivity index (χ4n) is 3.44. The number of carbonyl (C=O) groups excluding carboxylic acids is 1. The van der Waals surface area contributed by atoms with Gasteiger partial charge in [-0.3, -0.25) is 9.69 Å². The first-order valence-electron chi connectivity index (χ1n) is 9.53. The van der Waals surface area contributed by atoms with Crippen LogP contribution in [0.4, 0.5) is 4.39 Å². The summed E-state index contributed by atoms with van der Waals surface area (Å²) in [6.45, 7) is 8.90. The molecule has 3 rings (SSSR count). The molecule has 1 amide bonds. The van der Waals surface area contributed by atoms with E-state index in [-0.39, 0.29) is 11.7 Å². The predicted molar refractivity (Wildman–Crippen MR) is 104 cm³/mol. The van der Waals surface area contributed by atoms with Crippen molar-refractivity contribution in [2.24, 2.45) is 0 Å². The molecule has 6 nitrogen and oxygen atoms in total. The van der Waals surface area contributed by atoms with Crippen LogP contribution in [-0.4, -0.2) is 71.3 Å². The van der Waals surface area contributed by atoms with E-state index in [0.717, 1.165) is 37.6 Å². The van der Waals surface area contributed by atoms with Gasteiger partial charge in [0.2, 0.25) is 0 Å². The van der Waals surface area contributed by atoms with Crippen LogP contribution in [0.5, 0.6) is 0 Å². The number of carbonyl (C=O) groups is 1. The van der Waals surface area contributed by atoms with Gasteiger partial charge in [0.15, 0.2) is 0 Å². The standard InChI is InChI=1S/C20H28FN5O/c1-4-19-18(14-23-26(19)17-7-5-16(21)6-8-17)20(27)22-13-15(2)25-11-9-24(3)10-12-25/h5-8,14-15H,4,9-13H2,1-3H3,(H,22,27). The molecule has 1 atom stereocenters. The van der Waals surface area contributed by atoms with E-state index < -0.39 is 0 Å². The Labute approximate surface area is 160 Å². The largest absolute Gasteiger partial charge is 0.350 e. The second-order valence-corrected chi connectivity index (χ2v) is 7.15. The van der Waals surface area contributed by atoms with Gasteiger partial charge < -0.3 is 10.2 Å². The summed E-state index contributed by atoms with van der Waals surface area (Å²) in [5.41, 5.74) is 2.15. The molecule has 2 aromatic rings. The average molecular weight is 373 g/mol. The van der Waals surface area contributed by atoms with Crippen LogP contribution in [-0.2, 0) is 6.42 Å². The topological polar surface area (TPSA) is 53.4 Å². The van der Waals surface area contributed by atoms with Gasteiger partial charge in [0.25, 0.3) is 5.91 Å². The van der Waals surface area contributed by atoms with Gasteiger partial charge in [-0.05, 0) is 44.7 Å². The summed E-state index contributed by atoms with van der Waals surface area (Å²) in [5, 5.41) is 7.40. The van der Waals surface area contributed by atoms with Crippen molar-refractivity contribution in [3.8, 4) is 5.69 Å². The van der Waals surface area contributed by atoms with Crippen LogP contribution in [0.2, 0.25) is 0 Å². The van der Waals surface area contributed by atoms with E-state index in [2.05, 4.69) is 34.2 Å². The van der Waals surface area contributed by atoms with Gasteiger partial charge in [0.05, 0.1) is 23.1 Å². The summed E-state index contributed by atoms with van der Waals surface area (Å²) in [6, 6.07) is 6.42. The van der Waals surface area contributed by atoms with Crippen LogP contribution in [0.25, 0.3) is 5.69 Å². The first-order valence-corrected chi connectivity index (χ1v) is 9.53. The number of hydrogen-bond donors (Lipinski definition) is 1. The monoisotopic (exact) mass is 373 g/mol. The number of aromatic nitrogens is 2. The Balaban J connectivity index is 1.65. The molecule has 0 spiro atoms. The van der Waals surface area contributed by atoms with Crippen molar-refractivity contribution in [3.05, 3.63) is 47.5 Å². The van der Waals surface area contributed by atoms with Crippen molar-refractivity contribution in [3.63, 3.8) is 0 Å². The molecule has 27 heavy (non-hydrogen) atoms. The third-order valence-electron chi connectivity index (χ3n) is 5.24. The van der Waals surface area contributed by atoms with Crippen molar-refractivity contribution in [1.82, 2.24) is 24.9 Å². The van der Waals surface area contributed by atoms with Gasteiger partial charge >= 0.3 is 0 Å². The third-order valence-corrected chi connectivity index (χ3v) is 5.24. The smallest absolute Gasteiger partial charge is 0.254 e. The van der Waals surface area contributed by atoms with Crippen molar-refractivity contribution in [2.75, 3.05) is 39.8 Å². The summed E-state index contributed by atoms with van der Waals surface area (Å²) in [4.78, 5) is 17.4. The van der Waals surface area contributed by atoms with E-state index >= 15 is 0 Å². The van der Waals surface area contributed by atoms with Crippen LogP contribution in [0, 0.1) is 5.82 Å². The molecule has 7 heteroatoms. The van der Waals surface area contributed by atoms with E-state index in [0.29, 0.717) is 24.6 Å². The van der Waals surface area contributed by atoms with Crippen molar-refractivity contribution in [1.29, 1.82) is 0 Å². The second-order valence-electron chi connectivity index (χ2n) is 7.15. The Morgan fingerprint density at radius 3 is 2.52 bits per heavy atom. The van der Waals surface area contributed by atoms with Gasteiger partial charge in [-0.2, -0.15) is 5.10 Å². The lowest BCUT2D eigenvalue weighted by atomic mass is 10.1. The zero-order valence-corrected chi connectivity index (χ0v) is 16.3. The molecule has 0 radical (unpaired) electrons. The average Bonchev–Trinajstić information content (AvgIpc) is 3.11. The molecule has 1 fully saturated rings. The second kappa shape index (κ2) is 8.63. The summed E-state index contributed by atoms with van der Waals surface area (Å²) in [6.07, 6.45) is 2.26. The number of nitrogens with one attached hydrogen (secondary N) is 1. The summed E-state index contributed by atoms with van der Waals surface area (Å²) in [7, 11) is 2.13. The van der Waals surface area contributed by atoms with Gasteiger partial charge in [0, 0.05) is 38.8 Å². The first kappa shape index (κ1) is 19.5. The van der Waals surface area contributed by atoms with E-state index in [1.807, 2.05) is 6.92 Å². The van der Waals surface area contributed by atoms with Crippen LogP contribution < -0.4 is 5.32 Å². The highest BCUT2D eigenvalue weighted by Gasteiger charge is 2.21. The molecule has 0 bridgehead atoms. The van der Waals surface area contributed by atoms with Crippen LogP contribution in [0.1, 0.15) is 29.9 Å². The highest BCUT2D eigenvalue weighted by molar-refractivity contribution is 5.95. The number of piperazine rings is 1. The minimum Gasteiger partial charge on any atom is -0.350 e. The third kappa shape index (κ3) is 4.54. The van der Waals surface area contributed by atoms with Gasteiger partial charge in [0.1, 0.15) is 5.82 Å². The number of rotatable bonds is 6. The van der Waals surface area contributed by atoms with Crippen LogP contribution >= 0.6 is 0 Å². The Kier molecular flexibility index (Phi) is 6.23. The van der Waals surface area contributed by atoms with E-state index in [4.69, 9.17) is 0 Å². The number of benzene rings is 1. The lowest BCUT2D eigenvalue weighted by Crippen LogP contribution is -2.51. The number of amides is 1. The van der Waals surface area contributed by atoms with E-state index in [9.17, 15) is 9.18 Å². The molecular formula is C20H28FN5O.